The second kappa shape index (κ2) is 8.76. The van der Waals surface area contributed by atoms with Gasteiger partial charge in [0.1, 0.15) is 17.2 Å². The van der Waals surface area contributed by atoms with Crippen molar-refractivity contribution in [3.8, 4) is 0 Å². The van der Waals surface area contributed by atoms with Gasteiger partial charge in [-0.3, -0.25) is 19.8 Å². The summed E-state index contributed by atoms with van der Waals surface area (Å²) in [5, 5.41) is 5.87. The second-order valence-corrected chi connectivity index (χ2v) is 7.85. The van der Waals surface area contributed by atoms with Gasteiger partial charge in [-0.15, -0.1) is 0 Å². The molecule has 10 heteroatoms. The maximum Gasteiger partial charge on any atom is 0.344 e. The highest BCUT2D eigenvalue weighted by Gasteiger charge is 2.52. The van der Waals surface area contributed by atoms with E-state index in [-0.39, 0.29) is 24.9 Å². The Morgan fingerprint density at radius 2 is 1.93 bits per heavy atom. The van der Waals surface area contributed by atoms with Crippen molar-refractivity contribution in [3.05, 3.63) is 35.4 Å². The van der Waals surface area contributed by atoms with Crippen LogP contribution in [0.25, 0.3) is 0 Å². The molecular weight excluding hydrogens is 398 g/mol. The van der Waals surface area contributed by atoms with Crippen LogP contribution in [0, 0.1) is 17.6 Å². The smallest absolute Gasteiger partial charge is 0.344 e. The second-order valence-electron chi connectivity index (χ2n) is 7.85. The number of hydrazine groups is 1. The van der Waals surface area contributed by atoms with Crippen LogP contribution < -0.4 is 16.1 Å². The van der Waals surface area contributed by atoms with Crippen molar-refractivity contribution < 1.29 is 28.0 Å². The van der Waals surface area contributed by atoms with Crippen LogP contribution in [0.15, 0.2) is 18.2 Å². The molecule has 30 heavy (non-hydrogen) atoms. The summed E-state index contributed by atoms with van der Waals surface area (Å²) in [5.41, 5.74) is 1.08. The SMILES string of the molecule is CC1CCC2(CC1)NC(=O)N(NC(=O)CCCNC(=O)c1ccc(F)cc1F)C2=O. The summed E-state index contributed by atoms with van der Waals surface area (Å²) in [6, 6.07) is 1.97. The van der Waals surface area contributed by atoms with Gasteiger partial charge in [-0.25, -0.2) is 13.6 Å². The Kier molecular flexibility index (Phi) is 6.33. The maximum atomic E-state index is 13.6. The van der Waals surface area contributed by atoms with E-state index in [2.05, 4.69) is 23.0 Å². The van der Waals surface area contributed by atoms with Crippen molar-refractivity contribution in [1.29, 1.82) is 0 Å². The zero-order valence-corrected chi connectivity index (χ0v) is 16.6. The highest BCUT2D eigenvalue weighted by Crippen LogP contribution is 2.35. The van der Waals surface area contributed by atoms with Gasteiger partial charge in [0.25, 0.3) is 11.8 Å². The van der Waals surface area contributed by atoms with E-state index in [1.807, 2.05) is 0 Å². The number of hydrogen-bond donors (Lipinski definition) is 3. The number of nitrogens with one attached hydrogen (secondary N) is 3. The molecule has 2 fully saturated rings. The van der Waals surface area contributed by atoms with Crippen molar-refractivity contribution in [3.63, 3.8) is 0 Å². The number of imide groups is 1. The van der Waals surface area contributed by atoms with Gasteiger partial charge in [-0.1, -0.05) is 6.92 Å². The summed E-state index contributed by atoms with van der Waals surface area (Å²) in [6.45, 7) is 2.15. The van der Waals surface area contributed by atoms with E-state index in [0.29, 0.717) is 24.8 Å². The minimum absolute atomic E-state index is 0.0606. The first-order valence-electron chi connectivity index (χ1n) is 9.91. The molecule has 1 aliphatic carbocycles. The van der Waals surface area contributed by atoms with Gasteiger partial charge in [0.15, 0.2) is 0 Å². The maximum absolute atomic E-state index is 13.6. The fraction of sp³-hybridized carbons (Fsp3) is 0.500. The number of halogens is 2. The molecule has 0 atom stereocenters. The van der Waals surface area contributed by atoms with Crippen molar-refractivity contribution >= 4 is 23.8 Å². The highest BCUT2D eigenvalue weighted by molar-refractivity contribution is 6.08. The molecule has 1 aromatic carbocycles. The molecule has 0 unspecified atom stereocenters. The van der Waals surface area contributed by atoms with Crippen molar-refractivity contribution in [1.82, 2.24) is 21.1 Å². The highest BCUT2D eigenvalue weighted by atomic mass is 19.1. The Hall–Kier alpha value is -3.04. The van der Waals surface area contributed by atoms with Crippen molar-refractivity contribution in [2.45, 2.75) is 51.0 Å². The van der Waals surface area contributed by atoms with Gasteiger partial charge < -0.3 is 10.6 Å². The predicted octanol–water partition coefficient (Wildman–Crippen LogP) is 2.01. The number of carbonyl (C=O) groups excluding carboxylic acids is 4. The largest absolute Gasteiger partial charge is 0.352 e. The normalized spacial score (nSPS) is 23.4. The number of amides is 5. The average Bonchev–Trinajstić information content (AvgIpc) is 2.91. The van der Waals surface area contributed by atoms with Gasteiger partial charge in [0.2, 0.25) is 5.91 Å². The standard InChI is InChI=1S/C20H24F2N4O4/c1-12-6-8-20(9-7-12)18(29)26(19(30)24-20)25-16(27)3-2-10-23-17(28)14-5-4-13(21)11-15(14)22/h4-5,11-12H,2-3,6-10H2,1H3,(H,23,28)(H,24,30)(H,25,27). The van der Waals surface area contributed by atoms with E-state index in [0.717, 1.165) is 30.0 Å². The first-order chi connectivity index (χ1) is 14.2. The molecule has 3 rings (SSSR count). The van der Waals surface area contributed by atoms with Crippen LogP contribution in [0.5, 0.6) is 0 Å². The molecule has 1 heterocycles. The van der Waals surface area contributed by atoms with E-state index in [1.54, 1.807) is 0 Å². The van der Waals surface area contributed by atoms with Gasteiger partial charge in [-0.2, -0.15) is 5.01 Å². The zero-order chi connectivity index (χ0) is 21.9. The molecule has 1 aliphatic heterocycles. The minimum Gasteiger partial charge on any atom is -0.352 e. The van der Waals surface area contributed by atoms with E-state index in [9.17, 15) is 28.0 Å². The van der Waals surface area contributed by atoms with Crippen LogP contribution in [0.4, 0.5) is 13.6 Å². The molecule has 1 saturated heterocycles. The summed E-state index contributed by atoms with van der Waals surface area (Å²) in [5.74, 6) is -3.01. The Morgan fingerprint density at radius 3 is 2.60 bits per heavy atom. The number of urea groups is 1. The van der Waals surface area contributed by atoms with Crippen LogP contribution in [0.2, 0.25) is 0 Å². The third-order valence-corrected chi connectivity index (χ3v) is 5.57. The van der Waals surface area contributed by atoms with Crippen LogP contribution in [-0.2, 0) is 9.59 Å². The molecule has 1 saturated carbocycles. The van der Waals surface area contributed by atoms with Gasteiger partial charge in [0, 0.05) is 19.0 Å². The van der Waals surface area contributed by atoms with Crippen molar-refractivity contribution in [2.24, 2.45) is 5.92 Å². The molecule has 1 aromatic rings. The summed E-state index contributed by atoms with van der Waals surface area (Å²) >= 11 is 0. The fourth-order valence-corrected chi connectivity index (χ4v) is 3.72. The summed E-state index contributed by atoms with van der Waals surface area (Å²) in [7, 11) is 0. The minimum atomic E-state index is -0.977. The third-order valence-electron chi connectivity index (χ3n) is 5.57. The van der Waals surface area contributed by atoms with Crippen LogP contribution in [0.3, 0.4) is 0 Å². The summed E-state index contributed by atoms with van der Waals surface area (Å²) in [4.78, 5) is 48.9. The predicted molar refractivity (Wildman–Crippen MR) is 102 cm³/mol. The number of benzene rings is 1. The lowest BCUT2D eigenvalue weighted by Gasteiger charge is -2.33. The van der Waals surface area contributed by atoms with Crippen LogP contribution in [0.1, 0.15) is 55.8 Å². The fourth-order valence-electron chi connectivity index (χ4n) is 3.72. The topological polar surface area (TPSA) is 108 Å². The summed E-state index contributed by atoms with van der Waals surface area (Å²) < 4.78 is 26.5. The lowest BCUT2D eigenvalue weighted by Crippen LogP contribution is -2.51. The Bertz CT molecular complexity index is 868. The molecule has 162 valence electrons. The number of nitrogens with zero attached hydrogens (tertiary/aromatic N) is 1. The van der Waals surface area contributed by atoms with Crippen LogP contribution in [-0.4, -0.2) is 40.8 Å². The molecule has 0 radical (unpaired) electrons. The lowest BCUT2D eigenvalue weighted by molar-refractivity contribution is -0.140. The quantitative estimate of drug-likeness (QED) is 0.481. The Labute approximate surface area is 172 Å². The van der Waals surface area contributed by atoms with E-state index >= 15 is 0 Å². The van der Waals surface area contributed by atoms with Crippen molar-refractivity contribution in [2.75, 3.05) is 6.54 Å². The van der Waals surface area contributed by atoms with E-state index in [4.69, 9.17) is 0 Å². The van der Waals surface area contributed by atoms with Gasteiger partial charge in [-0.05, 0) is 50.2 Å². The number of rotatable bonds is 6. The third kappa shape index (κ3) is 4.58. The number of carbonyl (C=O) groups is 4. The first kappa shape index (κ1) is 21.7. The Balaban J connectivity index is 1.44. The van der Waals surface area contributed by atoms with E-state index < -0.39 is 40.9 Å². The molecule has 3 N–H and O–H groups in total. The first-order valence-corrected chi connectivity index (χ1v) is 9.91. The monoisotopic (exact) mass is 422 g/mol. The molecule has 0 aromatic heterocycles. The van der Waals surface area contributed by atoms with Gasteiger partial charge >= 0.3 is 6.03 Å². The average molecular weight is 422 g/mol. The molecule has 2 aliphatic rings. The molecule has 5 amide bonds. The van der Waals surface area contributed by atoms with E-state index in [1.165, 1.54) is 0 Å². The summed E-state index contributed by atoms with van der Waals surface area (Å²) in [6.07, 6.45) is 2.86. The van der Waals surface area contributed by atoms with Gasteiger partial charge in [0.05, 0.1) is 5.56 Å². The number of hydrogen-bond acceptors (Lipinski definition) is 4. The molecule has 8 nitrogen and oxygen atoms in total. The molecule has 1 spiro atoms. The zero-order valence-electron chi connectivity index (χ0n) is 16.6. The Morgan fingerprint density at radius 1 is 1.23 bits per heavy atom. The lowest BCUT2D eigenvalue weighted by atomic mass is 9.77. The molecular formula is C20H24F2N4O4. The van der Waals surface area contributed by atoms with Crippen LogP contribution >= 0.6 is 0 Å². The molecule has 0 bridgehead atoms.